The number of thioether (sulfide) groups is 2. The van der Waals surface area contributed by atoms with Gasteiger partial charge in [0.15, 0.2) is 5.17 Å². The van der Waals surface area contributed by atoms with Crippen molar-refractivity contribution >= 4 is 46.4 Å². The van der Waals surface area contributed by atoms with E-state index in [0.29, 0.717) is 10.1 Å². The molecule has 1 amide bonds. The Balaban J connectivity index is 1.82. The number of amidine groups is 1. The number of hydrogen-bond donors (Lipinski definition) is 1. The largest absolute Gasteiger partial charge is 0.300 e. The number of nitrogens with one attached hydrogen (secondary N) is 1. The third-order valence-corrected chi connectivity index (χ3v) is 5.06. The number of rotatable bonds is 3. The number of carbonyl (C=O) groups excluding carboxylic acids is 1. The molecule has 0 aliphatic carbocycles. The first kappa shape index (κ1) is 15.9. The van der Waals surface area contributed by atoms with Gasteiger partial charge in [-0.15, -0.1) is 11.8 Å². The molecule has 116 valence electrons. The Kier molecular flexibility index (Phi) is 4.88. The summed E-state index contributed by atoms with van der Waals surface area (Å²) in [4.78, 5) is 18.5. The quantitative estimate of drug-likeness (QED) is 0.655. The lowest BCUT2D eigenvalue weighted by atomic mass is 10.2. The van der Waals surface area contributed by atoms with Crippen LogP contribution in [0.25, 0.3) is 6.08 Å². The lowest BCUT2D eigenvalue weighted by molar-refractivity contribution is -0.115. The van der Waals surface area contributed by atoms with Gasteiger partial charge < -0.3 is 5.32 Å². The van der Waals surface area contributed by atoms with Gasteiger partial charge in [-0.25, -0.2) is 4.99 Å². The molecule has 2 aromatic carbocycles. The minimum Gasteiger partial charge on any atom is -0.300 e. The molecule has 2 aromatic rings. The van der Waals surface area contributed by atoms with Crippen LogP contribution in [0.1, 0.15) is 11.1 Å². The smallest absolute Gasteiger partial charge is 0.264 e. The van der Waals surface area contributed by atoms with Gasteiger partial charge >= 0.3 is 0 Å². The normalized spacial score (nSPS) is 17.7. The van der Waals surface area contributed by atoms with Crippen molar-refractivity contribution in [2.75, 3.05) is 6.26 Å². The summed E-state index contributed by atoms with van der Waals surface area (Å²) in [6.07, 6.45) is 3.94. The van der Waals surface area contributed by atoms with Crippen molar-refractivity contribution in [3.8, 4) is 0 Å². The van der Waals surface area contributed by atoms with Crippen LogP contribution < -0.4 is 5.32 Å². The Hall–Kier alpha value is -1.98. The number of benzene rings is 2. The molecule has 1 heterocycles. The van der Waals surface area contributed by atoms with E-state index in [2.05, 4.69) is 22.4 Å². The van der Waals surface area contributed by atoms with Crippen molar-refractivity contribution in [3.05, 3.63) is 64.6 Å². The van der Waals surface area contributed by atoms with E-state index in [1.165, 1.54) is 16.7 Å². The molecule has 0 saturated carbocycles. The number of nitrogens with zero attached hydrogens (tertiary/aromatic N) is 1. The summed E-state index contributed by atoms with van der Waals surface area (Å²) in [6, 6.07) is 16.0. The van der Waals surface area contributed by atoms with Gasteiger partial charge in [-0.05, 0) is 60.3 Å². The second-order valence-electron chi connectivity index (χ2n) is 5.04. The highest BCUT2D eigenvalue weighted by molar-refractivity contribution is 8.18. The molecule has 1 N–H and O–H groups in total. The van der Waals surface area contributed by atoms with Gasteiger partial charge in [0.05, 0.1) is 10.6 Å². The number of hydrogen-bond acceptors (Lipinski definition) is 4. The maximum Gasteiger partial charge on any atom is 0.264 e. The molecular weight excluding hydrogens is 324 g/mol. The van der Waals surface area contributed by atoms with Gasteiger partial charge in [-0.2, -0.15) is 0 Å². The van der Waals surface area contributed by atoms with Crippen molar-refractivity contribution in [1.29, 1.82) is 0 Å². The first-order chi connectivity index (χ1) is 11.2. The van der Waals surface area contributed by atoms with E-state index >= 15 is 0 Å². The predicted octanol–water partition coefficient (Wildman–Crippen LogP) is 4.61. The number of amides is 1. The highest BCUT2D eigenvalue weighted by atomic mass is 32.2. The van der Waals surface area contributed by atoms with Crippen LogP contribution in [-0.2, 0) is 4.79 Å². The zero-order valence-electron chi connectivity index (χ0n) is 12.9. The Morgan fingerprint density at radius 1 is 1.13 bits per heavy atom. The van der Waals surface area contributed by atoms with E-state index in [0.717, 1.165) is 16.8 Å². The molecule has 1 aliphatic rings. The van der Waals surface area contributed by atoms with Crippen molar-refractivity contribution < 1.29 is 4.79 Å². The summed E-state index contributed by atoms with van der Waals surface area (Å²) in [7, 11) is 0. The Bertz CT molecular complexity index is 795. The minimum absolute atomic E-state index is 0.101. The molecule has 0 bridgehead atoms. The van der Waals surface area contributed by atoms with Gasteiger partial charge in [0.1, 0.15) is 0 Å². The molecule has 0 unspecified atom stereocenters. The van der Waals surface area contributed by atoms with E-state index in [1.807, 2.05) is 55.7 Å². The molecule has 0 spiro atoms. The van der Waals surface area contributed by atoms with Crippen molar-refractivity contribution in [2.45, 2.75) is 11.8 Å². The summed E-state index contributed by atoms with van der Waals surface area (Å²) >= 11 is 3.07. The molecule has 0 aromatic heterocycles. The van der Waals surface area contributed by atoms with Crippen molar-refractivity contribution in [1.82, 2.24) is 5.32 Å². The van der Waals surface area contributed by atoms with Gasteiger partial charge in [0.25, 0.3) is 5.91 Å². The summed E-state index contributed by atoms with van der Waals surface area (Å²) in [5.74, 6) is -0.101. The highest BCUT2D eigenvalue weighted by Gasteiger charge is 2.23. The number of aliphatic imine (C=N–C) groups is 1. The lowest BCUT2D eigenvalue weighted by Gasteiger charge is -1.99. The fourth-order valence-corrected chi connectivity index (χ4v) is 3.37. The fraction of sp³-hybridized carbons (Fsp3) is 0.111. The third kappa shape index (κ3) is 3.86. The predicted molar refractivity (Wildman–Crippen MR) is 100 cm³/mol. The van der Waals surface area contributed by atoms with Crippen molar-refractivity contribution in [2.24, 2.45) is 4.99 Å². The molecule has 1 aliphatic heterocycles. The third-order valence-electron chi connectivity index (χ3n) is 3.40. The van der Waals surface area contributed by atoms with Crippen LogP contribution in [-0.4, -0.2) is 17.3 Å². The number of para-hydroxylation sites is 1. The van der Waals surface area contributed by atoms with Crippen LogP contribution in [0, 0.1) is 6.92 Å². The van der Waals surface area contributed by atoms with Gasteiger partial charge in [-0.3, -0.25) is 4.79 Å². The highest BCUT2D eigenvalue weighted by Crippen LogP contribution is 2.29. The molecule has 3 nitrogen and oxygen atoms in total. The zero-order valence-corrected chi connectivity index (χ0v) is 14.5. The van der Waals surface area contributed by atoms with Crippen LogP contribution in [0.2, 0.25) is 0 Å². The molecule has 0 atom stereocenters. The molecule has 0 radical (unpaired) electrons. The topological polar surface area (TPSA) is 41.5 Å². The second-order valence-corrected chi connectivity index (χ2v) is 6.95. The van der Waals surface area contributed by atoms with Crippen LogP contribution in [0.3, 0.4) is 0 Å². The standard InChI is InChI=1S/C18H16N2OS2/c1-12-5-3-4-6-15(12)19-18-20-17(21)16(23-18)11-13-7-9-14(22-2)10-8-13/h3-11H,1-2H3,(H,19,20,21)/b16-11+. The SMILES string of the molecule is CSc1ccc(/C=C2/SC(=Nc3ccccc3C)NC2=O)cc1. The number of carbonyl (C=O) groups is 1. The van der Waals surface area contributed by atoms with Crippen LogP contribution in [0.5, 0.6) is 0 Å². The van der Waals surface area contributed by atoms with Gasteiger partial charge in [-0.1, -0.05) is 30.3 Å². The summed E-state index contributed by atoms with van der Waals surface area (Å²) in [5, 5.41) is 3.45. The molecule has 5 heteroatoms. The monoisotopic (exact) mass is 340 g/mol. The maximum absolute atomic E-state index is 12.1. The van der Waals surface area contributed by atoms with Crippen LogP contribution in [0.4, 0.5) is 5.69 Å². The molecule has 23 heavy (non-hydrogen) atoms. The zero-order chi connectivity index (χ0) is 16.2. The van der Waals surface area contributed by atoms with E-state index in [-0.39, 0.29) is 5.91 Å². The average molecular weight is 340 g/mol. The fourth-order valence-electron chi connectivity index (χ4n) is 2.13. The van der Waals surface area contributed by atoms with E-state index in [9.17, 15) is 4.79 Å². The molecule has 1 fully saturated rings. The maximum atomic E-state index is 12.1. The Morgan fingerprint density at radius 2 is 1.87 bits per heavy atom. The summed E-state index contributed by atoms with van der Waals surface area (Å²) < 4.78 is 0. The first-order valence-electron chi connectivity index (χ1n) is 7.15. The van der Waals surface area contributed by atoms with Crippen LogP contribution in [0.15, 0.2) is 63.3 Å². The Morgan fingerprint density at radius 3 is 2.57 bits per heavy atom. The van der Waals surface area contributed by atoms with Crippen LogP contribution >= 0.6 is 23.5 Å². The second kappa shape index (κ2) is 7.06. The van der Waals surface area contributed by atoms with E-state index in [4.69, 9.17) is 0 Å². The van der Waals surface area contributed by atoms with Crippen molar-refractivity contribution in [3.63, 3.8) is 0 Å². The van der Waals surface area contributed by atoms with E-state index in [1.54, 1.807) is 11.8 Å². The lowest BCUT2D eigenvalue weighted by Crippen LogP contribution is -2.19. The minimum atomic E-state index is -0.101. The molecule has 3 rings (SSSR count). The first-order valence-corrected chi connectivity index (χ1v) is 9.19. The van der Waals surface area contributed by atoms with E-state index < -0.39 is 0 Å². The summed E-state index contributed by atoms with van der Waals surface area (Å²) in [6.45, 7) is 2.00. The summed E-state index contributed by atoms with van der Waals surface area (Å²) in [5.41, 5.74) is 2.97. The average Bonchev–Trinajstić information content (AvgIpc) is 2.90. The Labute approximate surface area is 144 Å². The van der Waals surface area contributed by atoms with Gasteiger partial charge in [0, 0.05) is 4.90 Å². The van der Waals surface area contributed by atoms with Gasteiger partial charge in [0.2, 0.25) is 0 Å². The molecular formula is C18H16N2OS2. The number of aryl methyl sites for hydroxylation is 1. The molecule has 1 saturated heterocycles.